The molecule has 29 heavy (non-hydrogen) atoms. The zero-order chi connectivity index (χ0) is 20.8. The lowest BCUT2D eigenvalue weighted by molar-refractivity contribution is 0.102. The van der Waals surface area contributed by atoms with Crippen LogP contribution in [0, 0.1) is 0 Å². The SMILES string of the molecule is CCc1c(C(=O)Nc2cc(OC)c(OC)c(OC)c2)cnn1Cc1ccccc1. The van der Waals surface area contributed by atoms with Gasteiger partial charge in [0, 0.05) is 17.8 Å². The summed E-state index contributed by atoms with van der Waals surface area (Å²) in [7, 11) is 4.60. The van der Waals surface area contributed by atoms with Crippen LogP contribution in [0.15, 0.2) is 48.7 Å². The molecule has 1 amide bonds. The Labute approximate surface area is 170 Å². The number of carbonyl (C=O) groups excluding carboxylic acids is 1. The van der Waals surface area contributed by atoms with E-state index in [9.17, 15) is 4.79 Å². The number of hydrogen-bond acceptors (Lipinski definition) is 5. The number of carbonyl (C=O) groups is 1. The van der Waals surface area contributed by atoms with Gasteiger partial charge in [0.1, 0.15) is 0 Å². The molecule has 0 bridgehead atoms. The molecule has 0 aliphatic carbocycles. The minimum absolute atomic E-state index is 0.240. The number of ether oxygens (including phenoxy) is 3. The lowest BCUT2D eigenvalue weighted by atomic mass is 10.1. The van der Waals surface area contributed by atoms with E-state index in [1.807, 2.05) is 41.9 Å². The fourth-order valence-electron chi connectivity index (χ4n) is 3.22. The number of benzene rings is 2. The van der Waals surface area contributed by atoms with Gasteiger partial charge in [0.15, 0.2) is 11.5 Å². The number of nitrogens with zero attached hydrogens (tertiary/aromatic N) is 2. The molecule has 0 aliphatic rings. The van der Waals surface area contributed by atoms with Gasteiger partial charge in [-0.15, -0.1) is 0 Å². The predicted octanol–water partition coefficient (Wildman–Crippen LogP) is 3.77. The van der Waals surface area contributed by atoms with E-state index in [0.717, 1.165) is 11.3 Å². The van der Waals surface area contributed by atoms with Crippen molar-refractivity contribution in [3.63, 3.8) is 0 Å². The van der Waals surface area contributed by atoms with Crippen LogP contribution in [0.4, 0.5) is 5.69 Å². The number of hydrogen-bond donors (Lipinski definition) is 1. The normalized spacial score (nSPS) is 10.5. The van der Waals surface area contributed by atoms with Crippen LogP contribution in [0.25, 0.3) is 0 Å². The molecule has 0 saturated heterocycles. The number of rotatable bonds is 8. The van der Waals surface area contributed by atoms with Crippen LogP contribution in [0.5, 0.6) is 17.2 Å². The van der Waals surface area contributed by atoms with E-state index < -0.39 is 0 Å². The number of aromatic nitrogens is 2. The molecule has 152 valence electrons. The fourth-order valence-corrected chi connectivity index (χ4v) is 3.22. The van der Waals surface area contributed by atoms with Crippen LogP contribution in [-0.4, -0.2) is 37.0 Å². The molecule has 0 fully saturated rings. The standard InChI is InChI=1S/C22H25N3O4/c1-5-18-17(13-23-25(18)14-15-9-7-6-8-10-15)22(26)24-16-11-19(27-2)21(29-4)20(12-16)28-3/h6-13H,5,14H2,1-4H3,(H,24,26). The van der Waals surface area contributed by atoms with Crippen molar-refractivity contribution in [1.29, 1.82) is 0 Å². The van der Waals surface area contributed by atoms with Crippen LogP contribution in [0.1, 0.15) is 28.5 Å². The monoisotopic (exact) mass is 395 g/mol. The summed E-state index contributed by atoms with van der Waals surface area (Å²) in [5, 5.41) is 7.33. The maximum Gasteiger partial charge on any atom is 0.259 e. The fraction of sp³-hybridized carbons (Fsp3) is 0.273. The average molecular weight is 395 g/mol. The second kappa shape index (κ2) is 9.14. The minimum atomic E-state index is -0.240. The van der Waals surface area contributed by atoms with Crippen molar-refractivity contribution in [2.75, 3.05) is 26.6 Å². The van der Waals surface area contributed by atoms with Crippen molar-refractivity contribution in [3.8, 4) is 17.2 Å². The van der Waals surface area contributed by atoms with Crippen molar-refractivity contribution < 1.29 is 19.0 Å². The molecule has 7 nitrogen and oxygen atoms in total. The maximum absolute atomic E-state index is 12.9. The van der Waals surface area contributed by atoms with Gasteiger partial charge in [-0.3, -0.25) is 9.48 Å². The summed E-state index contributed by atoms with van der Waals surface area (Å²) in [6, 6.07) is 13.4. The lowest BCUT2D eigenvalue weighted by Crippen LogP contribution is -2.15. The Morgan fingerprint density at radius 3 is 2.24 bits per heavy atom. The average Bonchev–Trinajstić information content (AvgIpc) is 3.16. The van der Waals surface area contributed by atoms with Crippen LogP contribution in [0.3, 0.4) is 0 Å². The largest absolute Gasteiger partial charge is 0.493 e. The summed E-state index contributed by atoms with van der Waals surface area (Å²) in [5.74, 6) is 1.17. The Kier molecular flexibility index (Phi) is 6.39. The van der Waals surface area contributed by atoms with Crippen LogP contribution < -0.4 is 19.5 Å². The van der Waals surface area contributed by atoms with E-state index in [2.05, 4.69) is 10.4 Å². The van der Waals surface area contributed by atoms with Crippen LogP contribution >= 0.6 is 0 Å². The van der Waals surface area contributed by atoms with E-state index in [0.29, 0.717) is 41.5 Å². The second-order valence-electron chi connectivity index (χ2n) is 6.37. The second-order valence-corrected chi connectivity index (χ2v) is 6.37. The van der Waals surface area contributed by atoms with Gasteiger partial charge in [-0.2, -0.15) is 5.10 Å². The van der Waals surface area contributed by atoms with Crippen LogP contribution in [-0.2, 0) is 13.0 Å². The molecule has 1 aromatic heterocycles. The van der Waals surface area contributed by atoms with E-state index in [1.165, 1.54) is 21.3 Å². The van der Waals surface area contributed by atoms with Gasteiger partial charge in [-0.05, 0) is 12.0 Å². The Balaban J connectivity index is 1.86. The van der Waals surface area contributed by atoms with Crippen molar-refractivity contribution in [1.82, 2.24) is 9.78 Å². The van der Waals surface area contributed by atoms with E-state index in [-0.39, 0.29) is 5.91 Å². The molecule has 0 radical (unpaired) electrons. The summed E-state index contributed by atoms with van der Waals surface area (Å²) in [6.45, 7) is 2.62. The van der Waals surface area contributed by atoms with Gasteiger partial charge in [-0.25, -0.2) is 0 Å². The Morgan fingerprint density at radius 1 is 1.03 bits per heavy atom. The highest BCUT2D eigenvalue weighted by Crippen LogP contribution is 2.40. The van der Waals surface area contributed by atoms with Crippen molar-refractivity contribution in [2.24, 2.45) is 0 Å². The Hall–Kier alpha value is -3.48. The summed E-state index contributed by atoms with van der Waals surface area (Å²) in [4.78, 5) is 12.9. The number of anilines is 1. The van der Waals surface area contributed by atoms with Gasteiger partial charge in [0.05, 0.1) is 45.3 Å². The zero-order valence-corrected chi connectivity index (χ0v) is 17.1. The smallest absolute Gasteiger partial charge is 0.259 e. The van der Waals surface area contributed by atoms with Gasteiger partial charge in [0.25, 0.3) is 5.91 Å². The van der Waals surface area contributed by atoms with E-state index in [4.69, 9.17) is 14.2 Å². The molecular formula is C22H25N3O4. The summed E-state index contributed by atoms with van der Waals surface area (Å²) in [5.41, 5.74) is 3.08. The van der Waals surface area contributed by atoms with Gasteiger partial charge in [0.2, 0.25) is 5.75 Å². The molecule has 0 unspecified atom stereocenters. The van der Waals surface area contributed by atoms with Crippen LogP contribution in [0.2, 0.25) is 0 Å². The highest BCUT2D eigenvalue weighted by atomic mass is 16.5. The van der Waals surface area contributed by atoms with Gasteiger partial charge < -0.3 is 19.5 Å². The van der Waals surface area contributed by atoms with E-state index >= 15 is 0 Å². The number of methoxy groups -OCH3 is 3. The Morgan fingerprint density at radius 2 is 1.69 bits per heavy atom. The molecular weight excluding hydrogens is 370 g/mol. The molecule has 3 aromatic rings. The molecule has 7 heteroatoms. The van der Waals surface area contributed by atoms with Crippen molar-refractivity contribution in [3.05, 3.63) is 65.5 Å². The third-order valence-electron chi connectivity index (χ3n) is 4.63. The first-order valence-corrected chi connectivity index (χ1v) is 9.31. The van der Waals surface area contributed by atoms with Gasteiger partial charge >= 0.3 is 0 Å². The first kappa shape index (κ1) is 20.3. The molecule has 0 spiro atoms. The molecule has 2 aromatic carbocycles. The third kappa shape index (κ3) is 4.34. The Bertz CT molecular complexity index is 958. The van der Waals surface area contributed by atoms with E-state index in [1.54, 1.807) is 18.3 Å². The molecule has 0 atom stereocenters. The van der Waals surface area contributed by atoms with Crippen molar-refractivity contribution >= 4 is 11.6 Å². The molecule has 0 aliphatic heterocycles. The zero-order valence-electron chi connectivity index (χ0n) is 17.1. The molecule has 3 rings (SSSR count). The quantitative estimate of drug-likeness (QED) is 0.628. The molecule has 1 N–H and O–H groups in total. The highest BCUT2D eigenvalue weighted by Gasteiger charge is 2.19. The maximum atomic E-state index is 12.9. The minimum Gasteiger partial charge on any atom is -0.493 e. The summed E-state index contributed by atoms with van der Waals surface area (Å²) >= 11 is 0. The topological polar surface area (TPSA) is 74.6 Å². The molecule has 1 heterocycles. The van der Waals surface area contributed by atoms with Gasteiger partial charge in [-0.1, -0.05) is 37.3 Å². The predicted molar refractivity (Wildman–Crippen MR) is 111 cm³/mol. The number of nitrogens with one attached hydrogen (secondary N) is 1. The third-order valence-corrected chi connectivity index (χ3v) is 4.63. The first-order chi connectivity index (χ1) is 14.1. The van der Waals surface area contributed by atoms with Crippen molar-refractivity contribution in [2.45, 2.75) is 19.9 Å². The summed E-state index contributed by atoms with van der Waals surface area (Å²) < 4.78 is 17.9. The summed E-state index contributed by atoms with van der Waals surface area (Å²) in [6.07, 6.45) is 2.29. The lowest BCUT2D eigenvalue weighted by Gasteiger charge is -2.14. The highest BCUT2D eigenvalue weighted by molar-refractivity contribution is 6.05. The molecule has 0 saturated carbocycles. The number of amides is 1. The first-order valence-electron chi connectivity index (χ1n) is 9.31.